The summed E-state index contributed by atoms with van der Waals surface area (Å²) in [5, 5.41) is 21.5. The molecule has 3 rings (SSSR count). The number of carbonyl (C=O) groups excluding carboxylic acids is 1. The smallest absolute Gasteiger partial charge is 0.249 e. The van der Waals surface area contributed by atoms with E-state index < -0.39 is 5.60 Å². The van der Waals surface area contributed by atoms with Gasteiger partial charge in [-0.2, -0.15) is 0 Å². The van der Waals surface area contributed by atoms with Crippen LogP contribution in [0.5, 0.6) is 0 Å². The van der Waals surface area contributed by atoms with Crippen molar-refractivity contribution < 1.29 is 14.6 Å². The summed E-state index contributed by atoms with van der Waals surface area (Å²) in [5.74, 6) is 0.250. The molecule has 0 bridgehead atoms. The molecule has 0 spiro atoms. The molecule has 0 unspecified atom stereocenters. The molecular formula is C17H28N4O3. The third kappa shape index (κ3) is 3.62. The number of aliphatic hydroxyl groups is 1. The number of amides is 1. The molecule has 2 fully saturated rings. The molecule has 1 saturated heterocycles. The maximum absolute atomic E-state index is 12.5. The lowest BCUT2D eigenvalue weighted by atomic mass is 9.89. The molecule has 1 aromatic heterocycles. The van der Waals surface area contributed by atoms with Crippen LogP contribution < -0.4 is 5.32 Å². The van der Waals surface area contributed by atoms with Gasteiger partial charge in [0.2, 0.25) is 5.91 Å². The number of hydrogen-bond acceptors (Lipinski definition) is 5. The summed E-state index contributed by atoms with van der Waals surface area (Å²) >= 11 is 0. The fraction of sp³-hybridized carbons (Fsp3) is 0.824. The van der Waals surface area contributed by atoms with Crippen LogP contribution in [0.15, 0.2) is 6.20 Å². The van der Waals surface area contributed by atoms with E-state index in [-0.39, 0.29) is 30.0 Å². The van der Waals surface area contributed by atoms with Gasteiger partial charge in [0.15, 0.2) is 0 Å². The molecule has 4 atom stereocenters. The van der Waals surface area contributed by atoms with E-state index in [1.54, 1.807) is 24.7 Å². The van der Waals surface area contributed by atoms with Crippen molar-refractivity contribution in [2.75, 3.05) is 6.61 Å². The number of hydrogen-bond donors (Lipinski definition) is 2. The van der Waals surface area contributed by atoms with Gasteiger partial charge < -0.3 is 15.2 Å². The van der Waals surface area contributed by atoms with Gasteiger partial charge in [-0.25, -0.2) is 4.68 Å². The van der Waals surface area contributed by atoms with Gasteiger partial charge in [0.1, 0.15) is 17.4 Å². The lowest BCUT2D eigenvalue weighted by Gasteiger charge is -2.33. The number of carbonyl (C=O) groups is 1. The maximum Gasteiger partial charge on any atom is 0.249 e. The minimum Gasteiger partial charge on any atom is -0.384 e. The number of ether oxygens (including phenoxy) is 1. The van der Waals surface area contributed by atoms with Crippen molar-refractivity contribution in [2.24, 2.45) is 5.92 Å². The topological polar surface area (TPSA) is 89.3 Å². The van der Waals surface area contributed by atoms with E-state index in [1.165, 1.54) is 0 Å². The minimum absolute atomic E-state index is 0.0141. The van der Waals surface area contributed by atoms with Crippen molar-refractivity contribution in [3.05, 3.63) is 11.9 Å². The second kappa shape index (κ2) is 6.80. The molecule has 0 radical (unpaired) electrons. The quantitative estimate of drug-likeness (QED) is 0.870. The van der Waals surface area contributed by atoms with Gasteiger partial charge >= 0.3 is 0 Å². The molecule has 134 valence electrons. The molecule has 2 N–H and O–H groups in total. The van der Waals surface area contributed by atoms with Crippen LogP contribution in [0.2, 0.25) is 0 Å². The molecule has 1 amide bonds. The molecule has 7 heteroatoms. The summed E-state index contributed by atoms with van der Waals surface area (Å²) in [6, 6.07) is 0.0991. The van der Waals surface area contributed by atoms with Crippen molar-refractivity contribution in [2.45, 2.75) is 76.7 Å². The molecular weight excluding hydrogens is 308 g/mol. The van der Waals surface area contributed by atoms with E-state index in [1.807, 2.05) is 0 Å². The molecule has 1 saturated carbocycles. The van der Waals surface area contributed by atoms with Gasteiger partial charge in [-0.15, -0.1) is 5.10 Å². The normalized spacial score (nSPS) is 31.2. The zero-order chi connectivity index (χ0) is 17.3. The Morgan fingerprint density at radius 3 is 2.75 bits per heavy atom. The number of aromatic nitrogens is 3. The first-order valence-electron chi connectivity index (χ1n) is 8.93. The predicted molar refractivity (Wildman–Crippen MR) is 88.2 cm³/mol. The highest BCUT2D eigenvalue weighted by Gasteiger charge is 2.35. The lowest BCUT2D eigenvalue weighted by molar-refractivity contribution is -0.132. The fourth-order valence-corrected chi connectivity index (χ4v) is 3.61. The predicted octanol–water partition coefficient (Wildman–Crippen LogP) is 1.53. The van der Waals surface area contributed by atoms with Crippen molar-refractivity contribution in [3.63, 3.8) is 0 Å². The number of nitrogens with zero attached hydrogens (tertiary/aromatic N) is 3. The molecule has 24 heavy (non-hydrogen) atoms. The Labute approximate surface area is 142 Å². The van der Waals surface area contributed by atoms with E-state index in [0.717, 1.165) is 32.1 Å². The van der Waals surface area contributed by atoms with Gasteiger partial charge in [-0.1, -0.05) is 25.0 Å². The lowest BCUT2D eigenvalue weighted by Crippen LogP contribution is -2.48. The Morgan fingerprint density at radius 2 is 2.12 bits per heavy atom. The Kier molecular flexibility index (Phi) is 4.92. The van der Waals surface area contributed by atoms with E-state index in [0.29, 0.717) is 12.3 Å². The minimum atomic E-state index is -1.02. The van der Waals surface area contributed by atoms with Crippen LogP contribution in [0.3, 0.4) is 0 Å². The van der Waals surface area contributed by atoms with Crippen LogP contribution in [-0.4, -0.2) is 44.8 Å². The summed E-state index contributed by atoms with van der Waals surface area (Å²) in [6.07, 6.45) is 6.46. The highest BCUT2D eigenvalue weighted by atomic mass is 16.5. The van der Waals surface area contributed by atoms with Crippen LogP contribution in [0.4, 0.5) is 0 Å². The maximum atomic E-state index is 12.5. The molecule has 1 aromatic rings. The Morgan fingerprint density at radius 1 is 1.38 bits per heavy atom. The van der Waals surface area contributed by atoms with Crippen molar-refractivity contribution in [1.29, 1.82) is 0 Å². The molecule has 2 aliphatic rings. The fourth-order valence-electron chi connectivity index (χ4n) is 3.61. The standard InChI is InChI=1S/C17H28N4O3/c1-11-8-9-24-15(11)16(22)18-12-6-4-5-7-13(12)21-10-14(19-20-21)17(2,3)23/h10-13,15,23H,4-9H2,1-3H3,(H,18,22)/t11-,12+,13-,15+/m1/s1. The van der Waals surface area contributed by atoms with E-state index in [4.69, 9.17) is 4.74 Å². The summed E-state index contributed by atoms with van der Waals surface area (Å²) in [7, 11) is 0. The Bertz CT molecular complexity index is 581. The second-order valence-electron chi connectivity index (χ2n) is 7.67. The summed E-state index contributed by atoms with van der Waals surface area (Å²) in [5.41, 5.74) is -0.468. The number of nitrogens with one attached hydrogen (secondary N) is 1. The molecule has 2 heterocycles. The highest BCUT2D eigenvalue weighted by molar-refractivity contribution is 5.81. The monoisotopic (exact) mass is 336 g/mol. The summed E-state index contributed by atoms with van der Waals surface area (Å²) < 4.78 is 7.38. The van der Waals surface area contributed by atoms with E-state index in [2.05, 4.69) is 22.6 Å². The summed E-state index contributed by atoms with van der Waals surface area (Å²) in [6.45, 7) is 6.11. The van der Waals surface area contributed by atoms with E-state index >= 15 is 0 Å². The van der Waals surface area contributed by atoms with Crippen LogP contribution >= 0.6 is 0 Å². The zero-order valence-electron chi connectivity index (χ0n) is 14.7. The SMILES string of the molecule is C[C@@H]1CCO[C@@H]1C(=O)N[C@H]1CCCC[C@H]1n1cc(C(C)(C)O)nn1. The molecule has 7 nitrogen and oxygen atoms in total. The van der Waals surface area contributed by atoms with Gasteiger partial charge in [-0.3, -0.25) is 4.79 Å². The largest absolute Gasteiger partial charge is 0.384 e. The van der Waals surface area contributed by atoms with Gasteiger partial charge in [0.05, 0.1) is 18.3 Å². The third-order valence-electron chi connectivity index (χ3n) is 5.18. The molecule has 1 aliphatic heterocycles. The third-order valence-corrected chi connectivity index (χ3v) is 5.18. The molecule has 0 aromatic carbocycles. The van der Waals surface area contributed by atoms with Gasteiger partial charge in [-0.05, 0) is 39.0 Å². The van der Waals surface area contributed by atoms with Crippen LogP contribution in [-0.2, 0) is 15.1 Å². The zero-order valence-corrected chi connectivity index (χ0v) is 14.7. The average molecular weight is 336 g/mol. The highest BCUT2D eigenvalue weighted by Crippen LogP contribution is 2.30. The number of rotatable bonds is 4. The Balaban J connectivity index is 1.71. The first kappa shape index (κ1) is 17.4. The van der Waals surface area contributed by atoms with Gasteiger partial charge in [0, 0.05) is 6.61 Å². The van der Waals surface area contributed by atoms with Crippen LogP contribution in [0.25, 0.3) is 0 Å². The Hall–Kier alpha value is -1.47. The molecule has 1 aliphatic carbocycles. The van der Waals surface area contributed by atoms with E-state index in [9.17, 15) is 9.90 Å². The average Bonchev–Trinajstić information content (AvgIpc) is 3.16. The van der Waals surface area contributed by atoms with Gasteiger partial charge in [0.25, 0.3) is 0 Å². The van der Waals surface area contributed by atoms with Crippen molar-refractivity contribution in [1.82, 2.24) is 20.3 Å². The first-order chi connectivity index (χ1) is 11.4. The van der Waals surface area contributed by atoms with Crippen LogP contribution in [0, 0.1) is 5.92 Å². The van der Waals surface area contributed by atoms with Crippen molar-refractivity contribution in [3.8, 4) is 0 Å². The second-order valence-corrected chi connectivity index (χ2v) is 7.67. The first-order valence-corrected chi connectivity index (χ1v) is 8.93. The summed E-state index contributed by atoms with van der Waals surface area (Å²) in [4.78, 5) is 12.5. The van der Waals surface area contributed by atoms with Crippen molar-refractivity contribution >= 4 is 5.91 Å². The van der Waals surface area contributed by atoms with Crippen LogP contribution in [0.1, 0.15) is 64.6 Å².